The molecule has 0 bridgehead atoms. The smallest absolute Gasteiger partial charge is 0.254 e. The number of aromatic nitrogens is 2. The SMILES string of the molecule is O=C(NC1CCN(Cc2ccccc2)CC1)c1c(-c2ccccc2)nnc2ccccc12. The molecular weight excluding hydrogens is 396 g/mol. The molecule has 1 N–H and O–H groups in total. The zero-order valence-electron chi connectivity index (χ0n) is 17.9. The first kappa shape index (κ1) is 20.3. The first-order chi connectivity index (χ1) is 15.8. The van der Waals surface area contributed by atoms with Crippen molar-refractivity contribution in [3.05, 3.63) is 96.1 Å². The second-order valence-electron chi connectivity index (χ2n) is 8.32. The molecule has 1 saturated heterocycles. The standard InChI is InChI=1S/C27H26N4O/c32-27(28-22-15-17-31(18-16-22)19-20-9-3-1-4-10-20)25-23-13-7-8-14-24(23)29-30-26(25)21-11-5-2-6-12-21/h1-14,22H,15-19H2,(H,28,32). The van der Waals surface area contributed by atoms with Crippen molar-refractivity contribution >= 4 is 16.8 Å². The number of nitrogens with one attached hydrogen (secondary N) is 1. The average molecular weight is 423 g/mol. The Balaban J connectivity index is 1.34. The fourth-order valence-corrected chi connectivity index (χ4v) is 4.42. The van der Waals surface area contributed by atoms with Crippen molar-refractivity contribution in [2.24, 2.45) is 0 Å². The van der Waals surface area contributed by atoms with E-state index in [0.717, 1.165) is 48.9 Å². The summed E-state index contributed by atoms with van der Waals surface area (Å²) in [6.45, 7) is 2.90. The molecular formula is C27H26N4O. The number of rotatable bonds is 5. The van der Waals surface area contributed by atoms with Crippen LogP contribution in [0.2, 0.25) is 0 Å². The normalized spacial score (nSPS) is 15.0. The molecule has 1 aliphatic heterocycles. The van der Waals surface area contributed by atoms with Crippen molar-refractivity contribution in [3.63, 3.8) is 0 Å². The van der Waals surface area contributed by atoms with Gasteiger partial charge in [0.25, 0.3) is 5.91 Å². The second kappa shape index (κ2) is 9.28. The fraction of sp³-hybridized carbons (Fsp3) is 0.222. The lowest BCUT2D eigenvalue weighted by Gasteiger charge is -2.32. The molecule has 5 rings (SSSR count). The zero-order valence-corrected chi connectivity index (χ0v) is 17.9. The van der Waals surface area contributed by atoms with Gasteiger partial charge in [0.1, 0.15) is 5.69 Å². The maximum Gasteiger partial charge on any atom is 0.254 e. The highest BCUT2D eigenvalue weighted by Gasteiger charge is 2.24. The van der Waals surface area contributed by atoms with Crippen molar-refractivity contribution in [1.82, 2.24) is 20.4 Å². The summed E-state index contributed by atoms with van der Waals surface area (Å²) in [4.78, 5) is 16.0. The monoisotopic (exact) mass is 422 g/mol. The number of likely N-dealkylation sites (tertiary alicyclic amines) is 1. The summed E-state index contributed by atoms with van der Waals surface area (Å²) in [7, 11) is 0. The average Bonchev–Trinajstić information content (AvgIpc) is 2.85. The van der Waals surface area contributed by atoms with Gasteiger partial charge in [-0.3, -0.25) is 9.69 Å². The van der Waals surface area contributed by atoms with Gasteiger partial charge >= 0.3 is 0 Å². The predicted octanol–water partition coefficient (Wildman–Crippen LogP) is 4.69. The Kier molecular flexibility index (Phi) is 5.90. The van der Waals surface area contributed by atoms with Gasteiger partial charge in [-0.2, -0.15) is 0 Å². The molecule has 0 unspecified atom stereocenters. The van der Waals surface area contributed by atoms with E-state index in [2.05, 4.69) is 44.7 Å². The fourth-order valence-electron chi connectivity index (χ4n) is 4.42. The quantitative estimate of drug-likeness (QED) is 0.507. The molecule has 1 aromatic heterocycles. The number of hydrogen-bond acceptors (Lipinski definition) is 4. The van der Waals surface area contributed by atoms with Crippen LogP contribution in [0.15, 0.2) is 84.9 Å². The summed E-state index contributed by atoms with van der Waals surface area (Å²) in [5.74, 6) is -0.0727. The van der Waals surface area contributed by atoms with Crippen molar-refractivity contribution in [2.45, 2.75) is 25.4 Å². The molecule has 0 radical (unpaired) electrons. The minimum atomic E-state index is -0.0727. The zero-order chi connectivity index (χ0) is 21.8. The van der Waals surface area contributed by atoms with Gasteiger partial charge in [-0.1, -0.05) is 78.9 Å². The van der Waals surface area contributed by atoms with Gasteiger partial charge in [-0.15, -0.1) is 10.2 Å². The Labute approximate surface area is 188 Å². The van der Waals surface area contributed by atoms with Gasteiger partial charge in [0.05, 0.1) is 11.1 Å². The third-order valence-corrected chi connectivity index (χ3v) is 6.11. The minimum Gasteiger partial charge on any atom is -0.349 e. The summed E-state index contributed by atoms with van der Waals surface area (Å²) in [6, 6.07) is 28.2. The number of carbonyl (C=O) groups excluding carboxylic acids is 1. The Bertz CT molecular complexity index is 1200. The van der Waals surface area contributed by atoms with E-state index in [0.29, 0.717) is 11.3 Å². The summed E-state index contributed by atoms with van der Waals surface area (Å²) in [5.41, 5.74) is 4.19. The third-order valence-electron chi connectivity index (χ3n) is 6.11. The Morgan fingerprint density at radius 2 is 1.50 bits per heavy atom. The Hall–Kier alpha value is -3.57. The van der Waals surface area contributed by atoms with Crippen LogP contribution in [0.3, 0.4) is 0 Å². The molecule has 1 amide bonds. The van der Waals surface area contributed by atoms with Crippen LogP contribution >= 0.6 is 0 Å². The van der Waals surface area contributed by atoms with Crippen LogP contribution in [-0.4, -0.2) is 40.1 Å². The highest BCUT2D eigenvalue weighted by molar-refractivity contribution is 6.10. The molecule has 160 valence electrons. The van der Waals surface area contributed by atoms with Gasteiger partial charge in [0.2, 0.25) is 0 Å². The number of fused-ring (bicyclic) bond motifs is 1. The first-order valence-corrected chi connectivity index (χ1v) is 11.2. The van der Waals surface area contributed by atoms with Crippen LogP contribution < -0.4 is 5.32 Å². The molecule has 5 nitrogen and oxygen atoms in total. The van der Waals surface area contributed by atoms with Crippen LogP contribution in [0.4, 0.5) is 0 Å². The minimum absolute atomic E-state index is 0.0727. The summed E-state index contributed by atoms with van der Waals surface area (Å²) in [6.07, 6.45) is 1.88. The van der Waals surface area contributed by atoms with E-state index < -0.39 is 0 Å². The lowest BCUT2D eigenvalue weighted by molar-refractivity contribution is 0.0911. The largest absolute Gasteiger partial charge is 0.349 e. The topological polar surface area (TPSA) is 58.1 Å². The Morgan fingerprint density at radius 3 is 2.25 bits per heavy atom. The van der Waals surface area contributed by atoms with E-state index in [1.54, 1.807) is 0 Å². The van der Waals surface area contributed by atoms with E-state index in [-0.39, 0.29) is 11.9 Å². The van der Waals surface area contributed by atoms with Crippen molar-refractivity contribution < 1.29 is 4.79 Å². The molecule has 1 fully saturated rings. The highest BCUT2D eigenvalue weighted by atomic mass is 16.1. The van der Waals surface area contributed by atoms with Gasteiger partial charge < -0.3 is 5.32 Å². The number of piperidine rings is 1. The summed E-state index contributed by atoms with van der Waals surface area (Å²) < 4.78 is 0. The van der Waals surface area contributed by atoms with Crippen molar-refractivity contribution in [2.75, 3.05) is 13.1 Å². The number of carbonyl (C=O) groups is 1. The molecule has 4 aromatic rings. The van der Waals surface area contributed by atoms with E-state index in [1.165, 1.54) is 5.56 Å². The van der Waals surface area contributed by atoms with E-state index in [9.17, 15) is 4.79 Å². The molecule has 0 aliphatic carbocycles. The number of benzene rings is 3. The van der Waals surface area contributed by atoms with Gasteiger partial charge in [-0.05, 0) is 24.5 Å². The van der Waals surface area contributed by atoms with E-state index in [1.807, 2.05) is 60.7 Å². The van der Waals surface area contributed by atoms with Crippen LogP contribution in [0.25, 0.3) is 22.2 Å². The molecule has 0 atom stereocenters. The second-order valence-corrected chi connectivity index (χ2v) is 8.32. The van der Waals surface area contributed by atoms with Crippen LogP contribution in [-0.2, 0) is 6.54 Å². The first-order valence-electron chi connectivity index (χ1n) is 11.2. The predicted molar refractivity (Wildman–Crippen MR) is 127 cm³/mol. The molecule has 0 spiro atoms. The van der Waals surface area contributed by atoms with Crippen LogP contribution in [0.1, 0.15) is 28.8 Å². The van der Waals surface area contributed by atoms with Crippen LogP contribution in [0, 0.1) is 0 Å². The molecule has 5 heteroatoms. The highest BCUT2D eigenvalue weighted by Crippen LogP contribution is 2.27. The molecule has 1 aliphatic rings. The van der Waals surface area contributed by atoms with Crippen molar-refractivity contribution in [3.8, 4) is 11.3 Å². The van der Waals surface area contributed by atoms with Gasteiger partial charge in [-0.25, -0.2) is 0 Å². The lowest BCUT2D eigenvalue weighted by atomic mass is 9.99. The van der Waals surface area contributed by atoms with Crippen molar-refractivity contribution in [1.29, 1.82) is 0 Å². The van der Waals surface area contributed by atoms with Crippen LogP contribution in [0.5, 0.6) is 0 Å². The number of hydrogen-bond donors (Lipinski definition) is 1. The molecule has 2 heterocycles. The maximum atomic E-state index is 13.5. The van der Waals surface area contributed by atoms with E-state index >= 15 is 0 Å². The molecule has 3 aromatic carbocycles. The van der Waals surface area contributed by atoms with Gasteiger partial charge in [0.15, 0.2) is 0 Å². The molecule has 0 saturated carbocycles. The molecule has 32 heavy (non-hydrogen) atoms. The summed E-state index contributed by atoms with van der Waals surface area (Å²) in [5, 5.41) is 12.9. The Morgan fingerprint density at radius 1 is 0.844 bits per heavy atom. The maximum absolute atomic E-state index is 13.5. The third kappa shape index (κ3) is 4.39. The van der Waals surface area contributed by atoms with Gasteiger partial charge in [0, 0.05) is 36.6 Å². The van der Waals surface area contributed by atoms with E-state index in [4.69, 9.17) is 0 Å². The lowest BCUT2D eigenvalue weighted by Crippen LogP contribution is -2.44. The number of amides is 1. The summed E-state index contributed by atoms with van der Waals surface area (Å²) >= 11 is 0. The number of nitrogens with zero attached hydrogens (tertiary/aromatic N) is 3.